The number of urea groups is 1. The number of aliphatic hydroxyl groups is 1. The highest BCUT2D eigenvalue weighted by atomic mass is 16.5. The van der Waals surface area contributed by atoms with E-state index in [9.17, 15) is 9.90 Å². The molecule has 0 unspecified atom stereocenters. The summed E-state index contributed by atoms with van der Waals surface area (Å²) in [5, 5.41) is 15.8. The fourth-order valence-corrected chi connectivity index (χ4v) is 6.18. The zero-order valence-corrected chi connectivity index (χ0v) is 24.3. The van der Waals surface area contributed by atoms with E-state index in [-0.39, 0.29) is 12.1 Å². The summed E-state index contributed by atoms with van der Waals surface area (Å²) < 4.78 is 10.7. The van der Waals surface area contributed by atoms with Crippen molar-refractivity contribution in [1.29, 1.82) is 0 Å². The number of amides is 2. The smallest absolute Gasteiger partial charge is 0.335 e. The Labute approximate surface area is 244 Å². The Bertz CT molecular complexity index is 1230. The molecule has 0 radical (unpaired) electrons. The van der Waals surface area contributed by atoms with Crippen LogP contribution in [0.5, 0.6) is 11.5 Å². The van der Waals surface area contributed by atoms with Crippen molar-refractivity contribution in [3.8, 4) is 11.5 Å². The fourth-order valence-electron chi connectivity index (χ4n) is 6.18. The Kier molecular flexibility index (Phi) is 9.80. The minimum Gasteiger partial charge on any atom is -0.497 e. The Morgan fingerprint density at radius 1 is 0.756 bits per heavy atom. The topological polar surface area (TPSA) is 65.5 Å². The third-order valence-corrected chi connectivity index (χ3v) is 8.53. The molecule has 3 aromatic carbocycles. The van der Waals surface area contributed by atoms with Gasteiger partial charge in [0.15, 0.2) is 0 Å². The van der Waals surface area contributed by atoms with E-state index < -0.39 is 6.10 Å². The molecule has 1 saturated carbocycles. The van der Waals surface area contributed by atoms with Gasteiger partial charge >= 0.3 is 6.03 Å². The highest BCUT2D eigenvalue weighted by molar-refractivity contribution is 5.75. The number of β-amino-alcohol motifs (C(OH)–C–C–N with tert-alkyl or cyclic N) is 1. The van der Waals surface area contributed by atoms with Gasteiger partial charge in [-0.2, -0.15) is 0 Å². The fraction of sp³-hybridized carbons (Fsp3) is 0.441. The Morgan fingerprint density at radius 2 is 1.34 bits per heavy atom. The van der Waals surface area contributed by atoms with Crippen molar-refractivity contribution in [2.75, 3.05) is 27.3 Å². The van der Waals surface area contributed by atoms with Crippen molar-refractivity contribution in [2.24, 2.45) is 5.92 Å². The SMILES string of the molecule is COc1ccc(CN2C(=O)N(Cc3ccc(OC)cc3)N(CC3CCCCC3)C[C@H](O)[C@H]2Cc2ccccc2)cc1. The van der Waals surface area contributed by atoms with Gasteiger partial charge in [0.25, 0.3) is 0 Å². The maximum absolute atomic E-state index is 14.6. The first kappa shape index (κ1) is 29.0. The van der Waals surface area contributed by atoms with Crippen LogP contribution in [0.15, 0.2) is 78.9 Å². The van der Waals surface area contributed by atoms with Gasteiger partial charge in [-0.05, 0) is 66.1 Å². The molecule has 2 amide bonds. The summed E-state index contributed by atoms with van der Waals surface area (Å²) in [7, 11) is 3.31. The molecule has 1 aliphatic carbocycles. The van der Waals surface area contributed by atoms with Crippen LogP contribution in [0.3, 0.4) is 0 Å². The van der Waals surface area contributed by atoms with Crippen molar-refractivity contribution >= 4 is 6.03 Å². The molecule has 7 heteroatoms. The molecule has 2 atom stereocenters. The van der Waals surface area contributed by atoms with Crippen molar-refractivity contribution in [3.63, 3.8) is 0 Å². The van der Waals surface area contributed by atoms with Crippen LogP contribution in [0, 0.1) is 5.92 Å². The van der Waals surface area contributed by atoms with Crippen LogP contribution >= 0.6 is 0 Å². The zero-order valence-electron chi connectivity index (χ0n) is 24.3. The molecule has 5 rings (SSSR count). The predicted octanol–water partition coefficient (Wildman–Crippen LogP) is 5.91. The molecule has 0 aromatic heterocycles. The van der Waals surface area contributed by atoms with Crippen LogP contribution in [0.4, 0.5) is 4.79 Å². The van der Waals surface area contributed by atoms with Gasteiger partial charge in [0.05, 0.1) is 32.9 Å². The van der Waals surface area contributed by atoms with Crippen LogP contribution in [0.2, 0.25) is 0 Å². The average Bonchev–Trinajstić information content (AvgIpc) is 3.10. The number of benzene rings is 3. The largest absolute Gasteiger partial charge is 0.497 e. The average molecular weight is 558 g/mol. The van der Waals surface area contributed by atoms with Gasteiger partial charge in [0, 0.05) is 19.6 Å². The summed E-state index contributed by atoms with van der Waals surface area (Å²) in [6.45, 7) is 2.01. The first-order valence-electron chi connectivity index (χ1n) is 14.8. The van der Waals surface area contributed by atoms with Gasteiger partial charge in [0.1, 0.15) is 11.5 Å². The lowest BCUT2D eigenvalue weighted by Gasteiger charge is -2.38. The first-order chi connectivity index (χ1) is 20.0. The minimum atomic E-state index is -0.707. The van der Waals surface area contributed by atoms with E-state index >= 15 is 0 Å². The molecule has 1 N–H and O–H groups in total. The van der Waals surface area contributed by atoms with Crippen molar-refractivity contribution in [1.82, 2.24) is 14.9 Å². The maximum atomic E-state index is 14.6. The summed E-state index contributed by atoms with van der Waals surface area (Å²) >= 11 is 0. The van der Waals surface area contributed by atoms with Gasteiger partial charge in [-0.3, -0.25) is 5.01 Å². The molecule has 0 spiro atoms. The van der Waals surface area contributed by atoms with Gasteiger partial charge in [-0.15, -0.1) is 0 Å². The normalized spacial score (nSPS) is 20.6. The van der Waals surface area contributed by atoms with Crippen LogP contribution in [0.1, 0.15) is 48.8 Å². The minimum absolute atomic E-state index is 0.0788. The Morgan fingerprint density at radius 3 is 1.93 bits per heavy atom. The number of hydrogen-bond donors (Lipinski definition) is 1. The number of hydrazine groups is 1. The Hall–Kier alpha value is -3.55. The number of rotatable bonds is 10. The molecule has 1 heterocycles. The molecule has 41 heavy (non-hydrogen) atoms. The van der Waals surface area contributed by atoms with E-state index in [0.29, 0.717) is 32.0 Å². The van der Waals surface area contributed by atoms with E-state index in [1.807, 2.05) is 76.6 Å². The van der Waals surface area contributed by atoms with E-state index in [1.54, 1.807) is 14.2 Å². The molecule has 3 aromatic rings. The van der Waals surface area contributed by atoms with Crippen molar-refractivity contribution in [3.05, 3.63) is 95.6 Å². The summed E-state index contributed by atoms with van der Waals surface area (Å²) in [4.78, 5) is 16.5. The highest BCUT2D eigenvalue weighted by Crippen LogP contribution is 2.30. The Balaban J connectivity index is 1.50. The third kappa shape index (κ3) is 7.40. The molecular formula is C34H43N3O4. The monoisotopic (exact) mass is 557 g/mol. The maximum Gasteiger partial charge on any atom is 0.335 e. The van der Waals surface area contributed by atoms with Crippen LogP contribution in [-0.4, -0.2) is 65.5 Å². The van der Waals surface area contributed by atoms with E-state index in [4.69, 9.17) is 9.47 Å². The van der Waals surface area contributed by atoms with E-state index in [1.165, 1.54) is 32.1 Å². The molecule has 2 fully saturated rings. The van der Waals surface area contributed by atoms with Crippen LogP contribution < -0.4 is 9.47 Å². The summed E-state index contributed by atoms with van der Waals surface area (Å²) in [6.07, 6.45) is 5.95. The molecule has 1 saturated heterocycles. The summed E-state index contributed by atoms with van der Waals surface area (Å²) in [6, 6.07) is 25.5. The van der Waals surface area contributed by atoms with Crippen LogP contribution in [0.25, 0.3) is 0 Å². The number of nitrogens with zero attached hydrogens (tertiary/aromatic N) is 3. The van der Waals surface area contributed by atoms with E-state index in [0.717, 1.165) is 34.7 Å². The predicted molar refractivity (Wildman–Crippen MR) is 161 cm³/mol. The lowest BCUT2D eigenvalue weighted by Crippen LogP contribution is -2.52. The van der Waals surface area contributed by atoms with Crippen molar-refractivity contribution < 1.29 is 19.4 Å². The summed E-state index contributed by atoms with van der Waals surface area (Å²) in [5.41, 5.74) is 3.12. The quantitative estimate of drug-likeness (QED) is 0.336. The number of carbonyl (C=O) groups excluding carboxylic acids is 1. The van der Waals surface area contributed by atoms with Gasteiger partial charge in [-0.1, -0.05) is 73.9 Å². The van der Waals surface area contributed by atoms with Gasteiger partial charge < -0.3 is 19.5 Å². The van der Waals surface area contributed by atoms with Crippen LogP contribution in [-0.2, 0) is 19.5 Å². The van der Waals surface area contributed by atoms with Gasteiger partial charge in [-0.25, -0.2) is 9.80 Å². The zero-order chi connectivity index (χ0) is 28.6. The summed E-state index contributed by atoms with van der Waals surface area (Å²) in [5.74, 6) is 2.08. The molecular weight excluding hydrogens is 514 g/mol. The molecule has 218 valence electrons. The first-order valence-corrected chi connectivity index (χ1v) is 14.8. The lowest BCUT2D eigenvalue weighted by atomic mass is 9.89. The molecule has 0 bridgehead atoms. The number of hydrogen-bond acceptors (Lipinski definition) is 5. The second-order valence-electron chi connectivity index (χ2n) is 11.4. The standard InChI is InChI=1S/C34H43N3O4/c1-40-30-17-13-28(14-18-30)23-36-32(21-26-9-5-3-6-10-26)33(38)25-35(22-27-11-7-4-8-12-27)37(34(36)39)24-29-15-19-31(41-2)20-16-29/h3,5-6,9-10,13-20,27,32-33,38H,4,7-8,11-12,21-25H2,1-2H3/t32-,33+/m1/s1. The molecule has 1 aliphatic heterocycles. The lowest BCUT2D eigenvalue weighted by molar-refractivity contribution is -0.0287. The number of carbonyl (C=O) groups is 1. The number of methoxy groups -OCH3 is 2. The number of aliphatic hydroxyl groups excluding tert-OH is 1. The van der Waals surface area contributed by atoms with Crippen molar-refractivity contribution in [2.45, 2.75) is 63.8 Å². The second kappa shape index (κ2) is 13.9. The third-order valence-electron chi connectivity index (χ3n) is 8.53. The highest BCUT2D eigenvalue weighted by Gasteiger charge is 2.40. The number of ether oxygens (including phenoxy) is 2. The molecule has 2 aliphatic rings. The van der Waals surface area contributed by atoms with Gasteiger partial charge in [0.2, 0.25) is 0 Å². The molecule has 7 nitrogen and oxygen atoms in total. The second-order valence-corrected chi connectivity index (χ2v) is 11.4. The van der Waals surface area contributed by atoms with E-state index in [2.05, 4.69) is 17.1 Å².